The summed E-state index contributed by atoms with van der Waals surface area (Å²) >= 11 is 8.18. The zero-order chi connectivity index (χ0) is 15.0. The van der Waals surface area contributed by atoms with Crippen molar-refractivity contribution in [3.8, 4) is 0 Å². The van der Waals surface area contributed by atoms with Crippen LogP contribution in [-0.4, -0.2) is 5.91 Å². The maximum atomic E-state index is 12.4. The number of benzene rings is 2. The van der Waals surface area contributed by atoms with Gasteiger partial charge in [-0.2, -0.15) is 0 Å². The number of halogens is 2. The van der Waals surface area contributed by atoms with Gasteiger partial charge in [-0.25, -0.2) is 0 Å². The summed E-state index contributed by atoms with van der Waals surface area (Å²) in [5, 5.41) is 3.77. The van der Waals surface area contributed by atoms with Crippen LogP contribution in [0, 0.1) is 0 Å². The standard InChI is InChI=1S/C15H10Br2N2OS/c16-8-1-4-10(5-2-8)19-15(20)14-13(18)11-6-3-9(17)7-12(11)21-14/h1-7H,18H2,(H,19,20). The minimum absolute atomic E-state index is 0.188. The number of fused-ring (bicyclic) bond motifs is 1. The SMILES string of the molecule is Nc1c(C(=O)Nc2ccc(Br)cc2)sc2cc(Br)ccc12. The number of anilines is 2. The van der Waals surface area contributed by atoms with Crippen LogP contribution >= 0.6 is 43.2 Å². The third-order valence-electron chi connectivity index (χ3n) is 3.00. The van der Waals surface area contributed by atoms with Crippen molar-refractivity contribution in [3.05, 3.63) is 56.3 Å². The summed E-state index contributed by atoms with van der Waals surface area (Å²) in [4.78, 5) is 12.9. The molecule has 0 aliphatic heterocycles. The van der Waals surface area contributed by atoms with Gasteiger partial charge in [0.1, 0.15) is 4.88 Å². The second-order valence-corrected chi connectivity index (χ2v) is 7.33. The first-order chi connectivity index (χ1) is 10.0. The lowest BCUT2D eigenvalue weighted by Crippen LogP contribution is -2.11. The summed E-state index contributed by atoms with van der Waals surface area (Å²) in [6, 6.07) is 13.2. The van der Waals surface area contributed by atoms with Gasteiger partial charge in [0.15, 0.2) is 0 Å². The highest BCUT2D eigenvalue weighted by atomic mass is 79.9. The van der Waals surface area contributed by atoms with Crippen LogP contribution < -0.4 is 11.1 Å². The van der Waals surface area contributed by atoms with Crippen molar-refractivity contribution >= 4 is 70.6 Å². The third kappa shape index (κ3) is 2.97. The first kappa shape index (κ1) is 14.6. The van der Waals surface area contributed by atoms with E-state index in [1.54, 1.807) is 0 Å². The molecule has 1 aromatic heterocycles. The fraction of sp³-hybridized carbons (Fsp3) is 0. The average molecular weight is 426 g/mol. The molecule has 6 heteroatoms. The fourth-order valence-electron chi connectivity index (χ4n) is 1.98. The monoisotopic (exact) mass is 424 g/mol. The van der Waals surface area contributed by atoms with E-state index in [1.165, 1.54) is 11.3 Å². The molecule has 0 spiro atoms. The molecule has 3 aromatic rings. The van der Waals surface area contributed by atoms with Gasteiger partial charge in [-0.05, 0) is 36.4 Å². The number of nitrogen functional groups attached to an aromatic ring is 1. The molecule has 0 atom stereocenters. The Morgan fingerprint density at radius 3 is 2.43 bits per heavy atom. The summed E-state index contributed by atoms with van der Waals surface area (Å²) in [6.07, 6.45) is 0. The molecule has 2 aromatic carbocycles. The lowest BCUT2D eigenvalue weighted by Gasteiger charge is -2.04. The van der Waals surface area contributed by atoms with Crippen LogP contribution in [0.3, 0.4) is 0 Å². The minimum atomic E-state index is -0.188. The Balaban J connectivity index is 1.94. The van der Waals surface area contributed by atoms with E-state index >= 15 is 0 Å². The molecule has 21 heavy (non-hydrogen) atoms. The molecule has 0 unspecified atom stereocenters. The Labute approximate surface area is 142 Å². The van der Waals surface area contributed by atoms with Gasteiger partial charge < -0.3 is 11.1 Å². The van der Waals surface area contributed by atoms with Crippen LogP contribution in [0.5, 0.6) is 0 Å². The number of nitrogens with one attached hydrogen (secondary N) is 1. The lowest BCUT2D eigenvalue weighted by molar-refractivity contribution is 0.103. The topological polar surface area (TPSA) is 55.1 Å². The van der Waals surface area contributed by atoms with E-state index in [9.17, 15) is 4.79 Å². The Hall–Kier alpha value is -1.37. The van der Waals surface area contributed by atoms with Crippen molar-refractivity contribution in [2.24, 2.45) is 0 Å². The molecule has 0 aliphatic carbocycles. The molecule has 106 valence electrons. The number of carbonyl (C=O) groups is 1. The first-order valence-corrected chi connectivity index (χ1v) is 8.49. The first-order valence-electron chi connectivity index (χ1n) is 6.09. The number of amides is 1. The van der Waals surface area contributed by atoms with Gasteiger partial charge in [0.05, 0.1) is 5.69 Å². The van der Waals surface area contributed by atoms with E-state index in [1.807, 2.05) is 42.5 Å². The van der Waals surface area contributed by atoms with Gasteiger partial charge in [-0.3, -0.25) is 4.79 Å². The predicted octanol–water partition coefficient (Wildman–Crippen LogP) is 5.26. The summed E-state index contributed by atoms with van der Waals surface area (Å²) in [5.41, 5.74) is 7.36. The molecule has 1 amide bonds. The smallest absolute Gasteiger partial charge is 0.267 e. The van der Waals surface area contributed by atoms with Crippen LogP contribution in [0.2, 0.25) is 0 Å². The fourth-order valence-corrected chi connectivity index (χ4v) is 3.81. The van der Waals surface area contributed by atoms with Crippen molar-refractivity contribution in [2.45, 2.75) is 0 Å². The van der Waals surface area contributed by atoms with Gasteiger partial charge in [0.2, 0.25) is 0 Å². The van der Waals surface area contributed by atoms with Crippen molar-refractivity contribution in [3.63, 3.8) is 0 Å². The van der Waals surface area contributed by atoms with E-state index in [0.717, 1.165) is 24.7 Å². The summed E-state index contributed by atoms with van der Waals surface area (Å²) in [6.45, 7) is 0. The van der Waals surface area contributed by atoms with E-state index in [2.05, 4.69) is 37.2 Å². The molecule has 3 nitrogen and oxygen atoms in total. The van der Waals surface area contributed by atoms with Crippen LogP contribution in [0.1, 0.15) is 9.67 Å². The molecule has 3 N–H and O–H groups in total. The number of hydrogen-bond donors (Lipinski definition) is 2. The highest BCUT2D eigenvalue weighted by Gasteiger charge is 2.16. The molecule has 0 aliphatic rings. The Morgan fingerprint density at radius 1 is 1.05 bits per heavy atom. The zero-order valence-electron chi connectivity index (χ0n) is 10.7. The molecule has 0 saturated heterocycles. The zero-order valence-corrected chi connectivity index (χ0v) is 14.7. The van der Waals surface area contributed by atoms with E-state index in [0.29, 0.717) is 10.6 Å². The second-order valence-electron chi connectivity index (χ2n) is 4.45. The summed E-state index contributed by atoms with van der Waals surface area (Å²) in [7, 11) is 0. The molecule has 3 rings (SSSR count). The van der Waals surface area contributed by atoms with Gasteiger partial charge in [0.25, 0.3) is 5.91 Å². The van der Waals surface area contributed by atoms with Crippen molar-refractivity contribution in [2.75, 3.05) is 11.1 Å². The highest BCUT2D eigenvalue weighted by Crippen LogP contribution is 2.35. The molecule has 1 heterocycles. The normalized spacial score (nSPS) is 10.8. The van der Waals surface area contributed by atoms with Gasteiger partial charge in [-0.15, -0.1) is 11.3 Å². The average Bonchev–Trinajstić information content (AvgIpc) is 2.78. The lowest BCUT2D eigenvalue weighted by atomic mass is 10.2. The van der Waals surface area contributed by atoms with Crippen LogP contribution in [0.25, 0.3) is 10.1 Å². The Kier molecular flexibility index (Phi) is 4.01. The number of hydrogen-bond acceptors (Lipinski definition) is 3. The Bertz CT molecular complexity index is 828. The molecule has 0 saturated carbocycles. The van der Waals surface area contributed by atoms with Crippen LogP contribution in [0.4, 0.5) is 11.4 Å². The molecule has 0 bridgehead atoms. The second kappa shape index (κ2) is 5.79. The summed E-state index contributed by atoms with van der Waals surface area (Å²) in [5.74, 6) is -0.188. The third-order valence-corrected chi connectivity index (χ3v) is 5.19. The number of rotatable bonds is 2. The van der Waals surface area contributed by atoms with E-state index in [-0.39, 0.29) is 5.91 Å². The quantitative estimate of drug-likeness (QED) is 0.588. The summed E-state index contributed by atoms with van der Waals surface area (Å²) < 4.78 is 2.92. The molecule has 0 fully saturated rings. The van der Waals surface area contributed by atoms with Gasteiger partial charge in [-0.1, -0.05) is 37.9 Å². The number of thiophene rings is 1. The van der Waals surface area contributed by atoms with E-state index in [4.69, 9.17) is 5.73 Å². The number of carbonyl (C=O) groups excluding carboxylic acids is 1. The largest absolute Gasteiger partial charge is 0.397 e. The van der Waals surface area contributed by atoms with Gasteiger partial charge in [0, 0.05) is 24.7 Å². The van der Waals surface area contributed by atoms with E-state index < -0.39 is 0 Å². The molecule has 0 radical (unpaired) electrons. The van der Waals surface area contributed by atoms with Crippen LogP contribution in [0.15, 0.2) is 51.4 Å². The molecular weight excluding hydrogens is 416 g/mol. The molecular formula is C15H10Br2N2OS. The van der Waals surface area contributed by atoms with Crippen LogP contribution in [-0.2, 0) is 0 Å². The van der Waals surface area contributed by atoms with Crippen molar-refractivity contribution < 1.29 is 4.79 Å². The van der Waals surface area contributed by atoms with Gasteiger partial charge >= 0.3 is 0 Å². The maximum absolute atomic E-state index is 12.4. The maximum Gasteiger partial charge on any atom is 0.267 e. The Morgan fingerprint density at radius 2 is 1.71 bits per heavy atom. The predicted molar refractivity (Wildman–Crippen MR) is 96.0 cm³/mol. The highest BCUT2D eigenvalue weighted by molar-refractivity contribution is 9.10. The van der Waals surface area contributed by atoms with Crippen molar-refractivity contribution in [1.82, 2.24) is 0 Å². The minimum Gasteiger partial charge on any atom is -0.397 e. The number of nitrogens with two attached hydrogens (primary N) is 1. The van der Waals surface area contributed by atoms with Crippen molar-refractivity contribution in [1.29, 1.82) is 0 Å².